The van der Waals surface area contributed by atoms with Gasteiger partial charge in [0, 0.05) is 54.7 Å². The number of ether oxygens (including phenoxy) is 2. The van der Waals surface area contributed by atoms with Crippen molar-refractivity contribution in [3.05, 3.63) is 83.9 Å². The molecule has 0 aromatic heterocycles. The van der Waals surface area contributed by atoms with E-state index in [4.69, 9.17) is 9.47 Å². The van der Waals surface area contributed by atoms with Gasteiger partial charge in [0.05, 0.1) is 0 Å². The Kier molecular flexibility index (Phi) is 6.98. The third-order valence-corrected chi connectivity index (χ3v) is 8.50. The van der Waals surface area contributed by atoms with Gasteiger partial charge in [-0.25, -0.2) is 0 Å². The van der Waals surface area contributed by atoms with E-state index in [1.165, 1.54) is 24.1 Å². The molecule has 0 aliphatic carbocycles. The van der Waals surface area contributed by atoms with Crippen LogP contribution in [0.25, 0.3) is 0 Å². The van der Waals surface area contributed by atoms with E-state index in [2.05, 4.69) is 64.4 Å². The molecule has 3 aliphatic rings. The van der Waals surface area contributed by atoms with Crippen LogP contribution in [0.1, 0.15) is 55.5 Å². The number of amides is 1. The highest BCUT2D eigenvalue weighted by molar-refractivity contribution is 5.94. The van der Waals surface area contributed by atoms with E-state index in [0.717, 1.165) is 55.2 Å². The highest BCUT2D eigenvalue weighted by Crippen LogP contribution is 2.43. The predicted octanol–water partition coefficient (Wildman–Crippen LogP) is 6.23. The molecule has 6 heteroatoms. The monoisotopic (exact) mass is 511 g/mol. The van der Waals surface area contributed by atoms with Gasteiger partial charge in [0.25, 0.3) is 5.91 Å². The number of carbonyl (C=O) groups is 1. The summed E-state index contributed by atoms with van der Waals surface area (Å²) in [5.74, 6) is 1.81. The van der Waals surface area contributed by atoms with Gasteiger partial charge in [-0.05, 0) is 93.6 Å². The second-order valence-corrected chi connectivity index (χ2v) is 10.6. The molecule has 38 heavy (non-hydrogen) atoms. The van der Waals surface area contributed by atoms with Crippen molar-refractivity contribution < 1.29 is 14.3 Å². The summed E-state index contributed by atoms with van der Waals surface area (Å²) < 4.78 is 11.1. The zero-order valence-corrected chi connectivity index (χ0v) is 22.4. The van der Waals surface area contributed by atoms with Gasteiger partial charge in [-0.2, -0.15) is 0 Å². The summed E-state index contributed by atoms with van der Waals surface area (Å²) in [6.07, 6.45) is 4.73. The first-order valence-electron chi connectivity index (χ1n) is 14.0. The maximum atomic E-state index is 12.9. The molecule has 3 aliphatic heterocycles. The minimum atomic E-state index is 0.0997. The van der Waals surface area contributed by atoms with E-state index in [1.54, 1.807) is 0 Å². The van der Waals surface area contributed by atoms with Crippen LogP contribution in [-0.2, 0) is 6.54 Å². The molecule has 6 nitrogen and oxygen atoms in total. The molecule has 0 saturated carbocycles. The number of rotatable bonds is 8. The predicted molar refractivity (Wildman–Crippen MR) is 150 cm³/mol. The first kappa shape index (κ1) is 24.8. The van der Waals surface area contributed by atoms with Crippen LogP contribution in [0, 0.1) is 0 Å². The summed E-state index contributed by atoms with van der Waals surface area (Å²) in [6, 6.07) is 26.8. The summed E-state index contributed by atoms with van der Waals surface area (Å²) in [6.45, 7) is 6.77. The van der Waals surface area contributed by atoms with Crippen molar-refractivity contribution in [2.45, 2.75) is 64.2 Å². The van der Waals surface area contributed by atoms with Crippen LogP contribution < -0.4 is 14.4 Å². The van der Waals surface area contributed by atoms with Crippen LogP contribution in [0.4, 0.5) is 11.4 Å². The first-order valence-corrected chi connectivity index (χ1v) is 14.0. The second-order valence-electron chi connectivity index (χ2n) is 10.6. The molecule has 198 valence electrons. The lowest BCUT2D eigenvalue weighted by atomic mass is 9.94. The molecule has 0 spiro atoms. The molecule has 0 N–H and O–H groups in total. The van der Waals surface area contributed by atoms with Crippen molar-refractivity contribution in [1.82, 2.24) is 9.80 Å². The number of benzene rings is 3. The lowest BCUT2D eigenvalue weighted by Crippen LogP contribution is -2.49. The summed E-state index contributed by atoms with van der Waals surface area (Å²) in [5.41, 5.74) is 4.41. The highest BCUT2D eigenvalue weighted by Gasteiger charge is 2.42. The Hall–Kier alpha value is -3.51. The van der Waals surface area contributed by atoms with E-state index in [0.29, 0.717) is 24.9 Å². The summed E-state index contributed by atoms with van der Waals surface area (Å²) in [4.78, 5) is 20.0. The molecule has 2 bridgehead atoms. The Labute approximate surface area is 225 Å². The largest absolute Gasteiger partial charge is 0.454 e. The standard InChI is InChI=1S/C32H37N3O3/c1-3-33(4-2)32(36)24-11-13-26(14-12-24)35(25-8-6-5-7-9-25)29-19-27-15-16-28(20-29)34(27)21-23-10-17-30-31(18-23)38-22-37-30/h5-14,17-18,27-29H,3-4,15-16,19-22H2,1-2H3/t27-,28+,29?. The lowest BCUT2D eigenvalue weighted by Gasteiger charge is -2.44. The Bertz CT molecular complexity index is 1240. The Morgan fingerprint density at radius 3 is 2.18 bits per heavy atom. The Morgan fingerprint density at radius 2 is 1.50 bits per heavy atom. The van der Waals surface area contributed by atoms with Crippen LogP contribution >= 0.6 is 0 Å². The van der Waals surface area contributed by atoms with Gasteiger partial charge in [-0.3, -0.25) is 9.69 Å². The number of fused-ring (bicyclic) bond motifs is 3. The van der Waals surface area contributed by atoms with Crippen molar-refractivity contribution in [1.29, 1.82) is 0 Å². The molecule has 1 unspecified atom stereocenters. The average molecular weight is 512 g/mol. The van der Waals surface area contributed by atoms with E-state index in [9.17, 15) is 4.79 Å². The third-order valence-electron chi connectivity index (χ3n) is 8.50. The maximum Gasteiger partial charge on any atom is 0.253 e. The number of anilines is 2. The molecule has 2 fully saturated rings. The van der Waals surface area contributed by atoms with E-state index in [-0.39, 0.29) is 5.91 Å². The maximum absolute atomic E-state index is 12.9. The van der Waals surface area contributed by atoms with Crippen LogP contribution in [0.3, 0.4) is 0 Å². The van der Waals surface area contributed by atoms with Crippen molar-refractivity contribution in [2.24, 2.45) is 0 Å². The van der Waals surface area contributed by atoms with Gasteiger partial charge in [0.1, 0.15) is 0 Å². The number of piperidine rings is 1. The minimum Gasteiger partial charge on any atom is -0.454 e. The molecule has 3 aromatic rings. The number of hydrogen-bond donors (Lipinski definition) is 0. The van der Waals surface area contributed by atoms with Crippen LogP contribution in [0.15, 0.2) is 72.8 Å². The SMILES string of the molecule is CCN(CC)C(=O)c1ccc(N(c2ccccc2)C2C[C@H]3CC[C@@H](C2)N3Cc2ccc3c(c2)OCO3)cc1. The fraction of sp³-hybridized carbons (Fsp3) is 0.406. The minimum absolute atomic E-state index is 0.0997. The van der Waals surface area contributed by atoms with Gasteiger partial charge in [-0.15, -0.1) is 0 Å². The molecule has 1 amide bonds. The molecule has 6 rings (SSSR count). The zero-order chi connectivity index (χ0) is 26.1. The number of carbonyl (C=O) groups excluding carboxylic acids is 1. The fourth-order valence-corrected chi connectivity index (χ4v) is 6.58. The Morgan fingerprint density at radius 1 is 0.842 bits per heavy atom. The third kappa shape index (κ3) is 4.73. The first-order chi connectivity index (χ1) is 18.6. The van der Waals surface area contributed by atoms with Crippen molar-refractivity contribution in [2.75, 3.05) is 24.8 Å². The summed E-state index contributed by atoms with van der Waals surface area (Å²) in [5, 5.41) is 0. The topological polar surface area (TPSA) is 45.3 Å². The van der Waals surface area contributed by atoms with Crippen molar-refractivity contribution in [3.63, 3.8) is 0 Å². The van der Waals surface area contributed by atoms with Crippen molar-refractivity contribution in [3.8, 4) is 11.5 Å². The van der Waals surface area contributed by atoms with Gasteiger partial charge in [0.2, 0.25) is 6.79 Å². The van der Waals surface area contributed by atoms with E-state index >= 15 is 0 Å². The Balaban J connectivity index is 1.23. The smallest absolute Gasteiger partial charge is 0.253 e. The molecule has 3 atom stereocenters. The van der Waals surface area contributed by atoms with E-state index < -0.39 is 0 Å². The summed E-state index contributed by atoms with van der Waals surface area (Å²) >= 11 is 0. The molecule has 0 radical (unpaired) electrons. The normalized spacial score (nSPS) is 21.9. The molecule has 2 saturated heterocycles. The fourth-order valence-electron chi connectivity index (χ4n) is 6.58. The van der Waals surface area contributed by atoms with Crippen LogP contribution in [0.2, 0.25) is 0 Å². The van der Waals surface area contributed by atoms with Gasteiger partial charge >= 0.3 is 0 Å². The van der Waals surface area contributed by atoms with Crippen LogP contribution in [0.5, 0.6) is 11.5 Å². The van der Waals surface area contributed by atoms with Crippen LogP contribution in [-0.4, -0.2) is 53.7 Å². The van der Waals surface area contributed by atoms with Crippen molar-refractivity contribution >= 4 is 17.3 Å². The number of hydrogen-bond acceptors (Lipinski definition) is 5. The lowest BCUT2D eigenvalue weighted by molar-refractivity contribution is 0.0773. The molecule has 3 heterocycles. The van der Waals surface area contributed by atoms with Gasteiger partial charge < -0.3 is 19.3 Å². The van der Waals surface area contributed by atoms with E-state index in [1.807, 2.05) is 36.9 Å². The quantitative estimate of drug-likeness (QED) is 0.359. The average Bonchev–Trinajstić information content (AvgIpc) is 3.50. The number of para-hydroxylation sites is 1. The highest BCUT2D eigenvalue weighted by atomic mass is 16.7. The second kappa shape index (κ2) is 10.7. The van der Waals surface area contributed by atoms with Gasteiger partial charge in [0.15, 0.2) is 11.5 Å². The van der Waals surface area contributed by atoms with Gasteiger partial charge in [-0.1, -0.05) is 24.3 Å². The number of nitrogens with zero attached hydrogens (tertiary/aromatic N) is 3. The summed E-state index contributed by atoms with van der Waals surface area (Å²) in [7, 11) is 0. The molecule has 3 aromatic carbocycles. The molecular weight excluding hydrogens is 474 g/mol. The molecular formula is C32H37N3O3. The zero-order valence-electron chi connectivity index (χ0n) is 22.4.